The van der Waals surface area contributed by atoms with Crippen molar-refractivity contribution < 1.29 is 18.9 Å². The average molecular weight is 410 g/mol. The van der Waals surface area contributed by atoms with Gasteiger partial charge in [-0.25, -0.2) is 0 Å². The van der Waals surface area contributed by atoms with Crippen molar-refractivity contribution in [2.45, 2.75) is 32.7 Å². The van der Waals surface area contributed by atoms with Crippen molar-refractivity contribution in [1.82, 2.24) is 15.0 Å². The summed E-state index contributed by atoms with van der Waals surface area (Å²) in [6.45, 7) is 5.48. The molecule has 8 heteroatoms. The van der Waals surface area contributed by atoms with E-state index in [-0.39, 0.29) is 42.5 Å². The lowest BCUT2D eigenvalue weighted by molar-refractivity contribution is -0.132. The summed E-state index contributed by atoms with van der Waals surface area (Å²) in [5.74, 6) is 0.208. The lowest BCUT2D eigenvalue weighted by Crippen LogP contribution is -2.38. The Bertz CT molecular complexity index is 985. The Balaban J connectivity index is 1.60. The van der Waals surface area contributed by atoms with Gasteiger partial charge in [0.1, 0.15) is 5.76 Å². The molecule has 2 fully saturated rings. The number of benzene rings is 1. The molecular formula is C22H26N4O4. The second kappa shape index (κ2) is 7.93. The Morgan fingerprint density at radius 1 is 1.13 bits per heavy atom. The van der Waals surface area contributed by atoms with E-state index in [2.05, 4.69) is 5.16 Å². The lowest BCUT2D eigenvalue weighted by Gasteiger charge is -2.30. The molecule has 2 saturated heterocycles. The van der Waals surface area contributed by atoms with Crippen LogP contribution in [-0.4, -0.2) is 52.3 Å². The van der Waals surface area contributed by atoms with Gasteiger partial charge in [0.05, 0.1) is 6.04 Å². The molecular weight excluding hydrogens is 384 g/mol. The van der Waals surface area contributed by atoms with Crippen LogP contribution in [0, 0.1) is 25.7 Å². The molecule has 30 heavy (non-hydrogen) atoms. The van der Waals surface area contributed by atoms with Gasteiger partial charge in [-0.2, -0.15) is 0 Å². The molecule has 1 aromatic carbocycles. The highest BCUT2D eigenvalue weighted by Gasteiger charge is 2.50. The van der Waals surface area contributed by atoms with Crippen molar-refractivity contribution in [1.29, 1.82) is 0 Å². The number of nitrogens with zero attached hydrogens (tertiary/aromatic N) is 3. The van der Waals surface area contributed by atoms with Gasteiger partial charge in [-0.15, -0.1) is 0 Å². The largest absolute Gasteiger partial charge is 0.370 e. The number of rotatable bonds is 5. The Morgan fingerprint density at radius 2 is 1.90 bits per heavy atom. The Morgan fingerprint density at radius 3 is 2.57 bits per heavy atom. The third-order valence-corrected chi connectivity index (χ3v) is 6.22. The highest BCUT2D eigenvalue weighted by Crippen LogP contribution is 2.46. The van der Waals surface area contributed by atoms with Crippen LogP contribution in [0.3, 0.4) is 0 Å². The number of carbonyl (C=O) groups excluding carboxylic acids is 3. The van der Waals surface area contributed by atoms with Crippen molar-refractivity contribution in [3.63, 3.8) is 0 Å². The Kier molecular flexibility index (Phi) is 5.32. The molecule has 0 radical (unpaired) electrons. The SMILES string of the molecule is Cc1cc(C(=O)N2C[C@@H]3CN(C(=O)CCC(N)=O)C[C@@H]3[C@H]2c2ccccc2C)no1. The van der Waals surface area contributed by atoms with E-state index >= 15 is 0 Å². The minimum absolute atomic E-state index is 0.0575. The van der Waals surface area contributed by atoms with E-state index in [4.69, 9.17) is 10.3 Å². The van der Waals surface area contributed by atoms with E-state index in [9.17, 15) is 14.4 Å². The van der Waals surface area contributed by atoms with Gasteiger partial charge >= 0.3 is 0 Å². The number of aromatic nitrogens is 1. The van der Waals surface area contributed by atoms with Crippen LogP contribution >= 0.6 is 0 Å². The normalized spacial score (nSPS) is 22.9. The van der Waals surface area contributed by atoms with Crippen LogP contribution in [0.5, 0.6) is 0 Å². The number of amides is 3. The van der Waals surface area contributed by atoms with Crippen LogP contribution in [0.4, 0.5) is 0 Å². The monoisotopic (exact) mass is 410 g/mol. The van der Waals surface area contributed by atoms with Crippen LogP contribution in [0.15, 0.2) is 34.9 Å². The number of hydrogen-bond donors (Lipinski definition) is 1. The highest BCUT2D eigenvalue weighted by atomic mass is 16.5. The smallest absolute Gasteiger partial charge is 0.276 e. The molecule has 0 unspecified atom stereocenters. The van der Waals surface area contributed by atoms with E-state index in [1.165, 1.54) is 0 Å². The second-order valence-corrected chi connectivity index (χ2v) is 8.27. The minimum atomic E-state index is -0.472. The molecule has 2 N–H and O–H groups in total. The van der Waals surface area contributed by atoms with Crippen LogP contribution in [0.2, 0.25) is 0 Å². The first-order chi connectivity index (χ1) is 14.3. The standard InChI is InChI=1S/C22H26N4O4/c1-13-5-3-4-6-16(13)21-17-12-25(20(28)8-7-19(23)27)10-15(17)11-26(21)22(29)18-9-14(2)30-24-18/h3-6,9,15,17,21H,7-8,10-12H2,1-2H3,(H2,23,27)/t15-,17-,21+/m0/s1. The lowest BCUT2D eigenvalue weighted by atomic mass is 9.87. The van der Waals surface area contributed by atoms with Crippen molar-refractivity contribution in [2.75, 3.05) is 19.6 Å². The summed E-state index contributed by atoms with van der Waals surface area (Å²) in [6, 6.07) is 9.56. The number of nitrogens with two attached hydrogens (primary N) is 1. The zero-order valence-electron chi connectivity index (χ0n) is 17.2. The van der Waals surface area contributed by atoms with Crippen LogP contribution < -0.4 is 5.73 Å². The number of hydrogen-bond acceptors (Lipinski definition) is 5. The molecule has 2 aliphatic heterocycles. The third kappa shape index (κ3) is 3.69. The fourth-order valence-corrected chi connectivity index (χ4v) is 4.78. The molecule has 4 rings (SSSR count). The molecule has 0 saturated carbocycles. The van der Waals surface area contributed by atoms with Gasteiger partial charge in [-0.1, -0.05) is 29.4 Å². The predicted octanol–water partition coefficient (Wildman–Crippen LogP) is 1.83. The Hall–Kier alpha value is -3.16. The summed E-state index contributed by atoms with van der Waals surface area (Å²) in [5.41, 5.74) is 7.69. The summed E-state index contributed by atoms with van der Waals surface area (Å²) in [7, 11) is 0. The number of carbonyl (C=O) groups is 3. The number of primary amides is 1. The van der Waals surface area contributed by atoms with Crippen LogP contribution in [0.1, 0.15) is 46.3 Å². The molecule has 0 bridgehead atoms. The summed E-state index contributed by atoms with van der Waals surface area (Å²) >= 11 is 0. The maximum Gasteiger partial charge on any atom is 0.276 e. The highest BCUT2D eigenvalue weighted by molar-refractivity contribution is 5.93. The van der Waals surface area contributed by atoms with Gasteiger partial charge in [-0.3, -0.25) is 14.4 Å². The van der Waals surface area contributed by atoms with E-state index in [0.29, 0.717) is 31.1 Å². The molecule has 158 valence electrons. The number of fused-ring (bicyclic) bond motifs is 1. The fourth-order valence-electron chi connectivity index (χ4n) is 4.78. The fraction of sp³-hybridized carbons (Fsp3) is 0.455. The van der Waals surface area contributed by atoms with Crippen LogP contribution in [-0.2, 0) is 9.59 Å². The minimum Gasteiger partial charge on any atom is -0.370 e. The summed E-state index contributed by atoms with van der Waals surface area (Å²) in [5, 5.41) is 3.91. The van der Waals surface area contributed by atoms with E-state index in [1.54, 1.807) is 13.0 Å². The first kappa shape index (κ1) is 20.1. The van der Waals surface area contributed by atoms with Gasteiger partial charge in [-0.05, 0) is 25.0 Å². The van der Waals surface area contributed by atoms with Crippen molar-refractivity contribution in [3.05, 3.63) is 52.9 Å². The third-order valence-electron chi connectivity index (χ3n) is 6.22. The van der Waals surface area contributed by atoms with E-state index in [0.717, 1.165) is 11.1 Å². The quantitative estimate of drug-likeness (QED) is 0.809. The van der Waals surface area contributed by atoms with Gasteiger partial charge in [0.2, 0.25) is 11.8 Å². The van der Waals surface area contributed by atoms with Gasteiger partial charge in [0, 0.05) is 50.4 Å². The first-order valence-electron chi connectivity index (χ1n) is 10.2. The molecule has 2 aromatic rings. The summed E-state index contributed by atoms with van der Waals surface area (Å²) in [6.07, 6.45) is 0.187. The zero-order valence-corrected chi connectivity index (χ0v) is 17.2. The summed E-state index contributed by atoms with van der Waals surface area (Å²) in [4.78, 5) is 40.5. The van der Waals surface area contributed by atoms with Gasteiger partial charge < -0.3 is 20.1 Å². The first-order valence-corrected chi connectivity index (χ1v) is 10.2. The maximum atomic E-state index is 13.3. The molecule has 3 atom stereocenters. The van der Waals surface area contributed by atoms with E-state index < -0.39 is 5.91 Å². The number of likely N-dealkylation sites (tertiary alicyclic amines) is 2. The summed E-state index contributed by atoms with van der Waals surface area (Å²) < 4.78 is 5.11. The molecule has 3 amide bonds. The van der Waals surface area contributed by atoms with Crippen molar-refractivity contribution >= 4 is 17.7 Å². The molecule has 2 aliphatic rings. The molecule has 3 heterocycles. The van der Waals surface area contributed by atoms with Gasteiger partial charge in [0.15, 0.2) is 5.69 Å². The number of aryl methyl sites for hydroxylation is 2. The Labute approximate surface area is 175 Å². The molecule has 0 spiro atoms. The van der Waals surface area contributed by atoms with E-state index in [1.807, 2.05) is 41.0 Å². The van der Waals surface area contributed by atoms with Crippen molar-refractivity contribution in [3.8, 4) is 0 Å². The molecule has 0 aliphatic carbocycles. The van der Waals surface area contributed by atoms with Crippen molar-refractivity contribution in [2.24, 2.45) is 17.6 Å². The predicted molar refractivity (Wildman–Crippen MR) is 108 cm³/mol. The molecule has 1 aromatic heterocycles. The second-order valence-electron chi connectivity index (χ2n) is 8.27. The topological polar surface area (TPSA) is 110 Å². The average Bonchev–Trinajstić information content (AvgIpc) is 3.40. The van der Waals surface area contributed by atoms with Gasteiger partial charge in [0.25, 0.3) is 5.91 Å². The maximum absolute atomic E-state index is 13.3. The zero-order chi connectivity index (χ0) is 21.4. The van der Waals surface area contributed by atoms with Crippen LogP contribution in [0.25, 0.3) is 0 Å². The molecule has 8 nitrogen and oxygen atoms in total.